The Morgan fingerprint density at radius 3 is 2.25 bits per heavy atom. The van der Waals surface area contributed by atoms with Gasteiger partial charge in [0, 0.05) is 11.3 Å². The second-order valence-electron chi connectivity index (χ2n) is 5.26. The van der Waals surface area contributed by atoms with Gasteiger partial charge in [0.25, 0.3) is 5.91 Å². The van der Waals surface area contributed by atoms with Gasteiger partial charge in [0.05, 0.1) is 6.54 Å². The van der Waals surface area contributed by atoms with Gasteiger partial charge in [-0.3, -0.25) is 4.79 Å². The first kappa shape index (κ1) is 12.9. The number of fused-ring (bicyclic) bond motifs is 1. The normalized spacial score (nSPS) is 13.7. The molecule has 20 heavy (non-hydrogen) atoms. The van der Waals surface area contributed by atoms with Gasteiger partial charge in [0.1, 0.15) is 0 Å². The molecule has 1 amide bonds. The first-order chi connectivity index (χ1) is 9.72. The molecule has 0 aliphatic carbocycles. The quantitative estimate of drug-likeness (QED) is 0.822. The van der Waals surface area contributed by atoms with E-state index in [2.05, 4.69) is 38.1 Å². The van der Waals surface area contributed by atoms with Crippen molar-refractivity contribution in [3.8, 4) is 0 Å². The van der Waals surface area contributed by atoms with E-state index in [1.54, 1.807) is 0 Å². The topological polar surface area (TPSA) is 20.3 Å². The van der Waals surface area contributed by atoms with E-state index in [-0.39, 0.29) is 5.91 Å². The first-order valence-corrected chi connectivity index (χ1v) is 7.25. The van der Waals surface area contributed by atoms with Crippen molar-refractivity contribution in [1.29, 1.82) is 0 Å². The molecule has 3 rings (SSSR count). The molecule has 0 spiro atoms. The van der Waals surface area contributed by atoms with Crippen LogP contribution >= 0.6 is 0 Å². The maximum Gasteiger partial charge on any atom is 0.258 e. The number of carbonyl (C=O) groups is 1. The van der Waals surface area contributed by atoms with Crippen molar-refractivity contribution in [2.75, 3.05) is 4.90 Å². The van der Waals surface area contributed by atoms with E-state index in [4.69, 9.17) is 0 Å². The van der Waals surface area contributed by atoms with E-state index in [1.807, 2.05) is 23.1 Å². The van der Waals surface area contributed by atoms with E-state index in [0.29, 0.717) is 6.54 Å². The van der Waals surface area contributed by atoms with Crippen LogP contribution < -0.4 is 4.90 Å². The number of rotatable bonds is 3. The maximum atomic E-state index is 12.5. The van der Waals surface area contributed by atoms with Gasteiger partial charge in [-0.2, -0.15) is 0 Å². The third-order valence-electron chi connectivity index (χ3n) is 4.04. The minimum Gasteiger partial charge on any atom is -0.304 e. The summed E-state index contributed by atoms with van der Waals surface area (Å²) in [5.74, 6) is 0.125. The summed E-state index contributed by atoms with van der Waals surface area (Å²) in [6.07, 6.45) is 1.99. The number of nitrogens with zero attached hydrogens (tertiary/aromatic N) is 1. The zero-order valence-electron chi connectivity index (χ0n) is 12.0. The van der Waals surface area contributed by atoms with Gasteiger partial charge in [-0.05, 0) is 47.7 Å². The van der Waals surface area contributed by atoms with Gasteiger partial charge >= 0.3 is 0 Å². The Balaban J connectivity index is 1.92. The fourth-order valence-electron chi connectivity index (χ4n) is 2.69. The molecule has 0 unspecified atom stereocenters. The fourth-order valence-corrected chi connectivity index (χ4v) is 2.69. The van der Waals surface area contributed by atoms with Crippen molar-refractivity contribution in [2.24, 2.45) is 0 Å². The van der Waals surface area contributed by atoms with Crippen LogP contribution in [-0.4, -0.2) is 5.91 Å². The first-order valence-electron chi connectivity index (χ1n) is 7.25. The van der Waals surface area contributed by atoms with E-state index in [9.17, 15) is 4.79 Å². The van der Waals surface area contributed by atoms with Crippen LogP contribution in [0.5, 0.6) is 0 Å². The van der Waals surface area contributed by atoms with Crippen LogP contribution in [0.2, 0.25) is 0 Å². The second kappa shape index (κ2) is 5.12. The number of benzene rings is 2. The van der Waals surface area contributed by atoms with Crippen molar-refractivity contribution >= 4 is 11.6 Å². The van der Waals surface area contributed by atoms with Crippen molar-refractivity contribution in [3.63, 3.8) is 0 Å². The SMILES string of the molecule is CCc1ccc(N2Cc3ccc(CC)cc3C2=O)cc1. The third kappa shape index (κ3) is 2.11. The lowest BCUT2D eigenvalue weighted by atomic mass is 10.0. The molecule has 2 nitrogen and oxygen atoms in total. The highest BCUT2D eigenvalue weighted by molar-refractivity contribution is 6.10. The highest BCUT2D eigenvalue weighted by atomic mass is 16.2. The Labute approximate surface area is 120 Å². The predicted octanol–water partition coefficient (Wildman–Crippen LogP) is 3.97. The third-order valence-corrected chi connectivity index (χ3v) is 4.04. The number of amides is 1. The van der Waals surface area contributed by atoms with Crippen LogP contribution in [0, 0.1) is 0 Å². The molecule has 1 heterocycles. The molecule has 0 bridgehead atoms. The average molecular weight is 265 g/mol. The van der Waals surface area contributed by atoms with Crippen LogP contribution in [-0.2, 0) is 19.4 Å². The zero-order valence-corrected chi connectivity index (χ0v) is 12.0. The lowest BCUT2D eigenvalue weighted by molar-refractivity contribution is 0.0996. The van der Waals surface area contributed by atoms with Crippen LogP contribution in [0.3, 0.4) is 0 Å². The van der Waals surface area contributed by atoms with E-state index in [0.717, 1.165) is 29.7 Å². The molecular weight excluding hydrogens is 246 g/mol. The van der Waals surface area contributed by atoms with Gasteiger partial charge in [-0.1, -0.05) is 38.1 Å². The van der Waals surface area contributed by atoms with Gasteiger partial charge in [-0.25, -0.2) is 0 Å². The van der Waals surface area contributed by atoms with Crippen LogP contribution in [0.1, 0.15) is 40.9 Å². The predicted molar refractivity (Wildman–Crippen MR) is 82.2 cm³/mol. The fraction of sp³-hybridized carbons (Fsp3) is 0.278. The summed E-state index contributed by atoms with van der Waals surface area (Å²) in [5, 5.41) is 0. The van der Waals surface area contributed by atoms with Crippen molar-refractivity contribution < 1.29 is 4.79 Å². The smallest absolute Gasteiger partial charge is 0.258 e. The van der Waals surface area contributed by atoms with Crippen molar-refractivity contribution in [2.45, 2.75) is 33.2 Å². The Hall–Kier alpha value is -2.09. The number of hydrogen-bond donors (Lipinski definition) is 0. The average Bonchev–Trinajstić information content (AvgIpc) is 2.84. The van der Waals surface area contributed by atoms with Gasteiger partial charge in [-0.15, -0.1) is 0 Å². The largest absolute Gasteiger partial charge is 0.304 e. The summed E-state index contributed by atoms with van der Waals surface area (Å²) in [5.41, 5.74) is 5.50. The number of anilines is 1. The highest BCUT2D eigenvalue weighted by Gasteiger charge is 2.28. The molecule has 1 aliphatic rings. The second-order valence-corrected chi connectivity index (χ2v) is 5.26. The zero-order chi connectivity index (χ0) is 14.1. The van der Waals surface area contributed by atoms with E-state index in [1.165, 1.54) is 11.1 Å². The minimum absolute atomic E-state index is 0.125. The van der Waals surface area contributed by atoms with E-state index >= 15 is 0 Å². The monoisotopic (exact) mass is 265 g/mol. The summed E-state index contributed by atoms with van der Waals surface area (Å²) in [7, 11) is 0. The molecule has 0 aromatic heterocycles. The van der Waals surface area contributed by atoms with Crippen molar-refractivity contribution in [1.82, 2.24) is 0 Å². The Morgan fingerprint density at radius 1 is 0.950 bits per heavy atom. The Bertz CT molecular complexity index is 643. The number of hydrogen-bond acceptors (Lipinski definition) is 1. The summed E-state index contributed by atoms with van der Waals surface area (Å²) < 4.78 is 0. The molecule has 1 aliphatic heterocycles. The highest BCUT2D eigenvalue weighted by Crippen LogP contribution is 2.29. The summed E-state index contributed by atoms with van der Waals surface area (Å²) >= 11 is 0. The number of aryl methyl sites for hydroxylation is 2. The molecule has 2 aromatic carbocycles. The molecule has 2 aromatic rings. The molecule has 0 radical (unpaired) electrons. The van der Waals surface area contributed by atoms with Gasteiger partial charge < -0.3 is 4.90 Å². The van der Waals surface area contributed by atoms with E-state index < -0.39 is 0 Å². The summed E-state index contributed by atoms with van der Waals surface area (Å²) in [6, 6.07) is 14.5. The Morgan fingerprint density at radius 2 is 1.60 bits per heavy atom. The molecule has 0 N–H and O–H groups in total. The molecular formula is C18H19NO. The van der Waals surface area contributed by atoms with Gasteiger partial charge in [0.2, 0.25) is 0 Å². The Kier molecular flexibility index (Phi) is 3.31. The molecule has 2 heteroatoms. The molecule has 0 atom stereocenters. The lowest BCUT2D eigenvalue weighted by Gasteiger charge is -2.16. The van der Waals surface area contributed by atoms with Crippen LogP contribution in [0.25, 0.3) is 0 Å². The summed E-state index contributed by atoms with van der Waals surface area (Å²) in [4.78, 5) is 14.4. The molecule has 102 valence electrons. The standard InChI is InChI=1S/C18H19NO/c1-3-13-6-9-16(10-7-13)19-12-15-8-5-14(4-2)11-17(15)18(19)20/h5-11H,3-4,12H2,1-2H3. The van der Waals surface area contributed by atoms with Crippen molar-refractivity contribution in [3.05, 3.63) is 64.7 Å². The summed E-state index contributed by atoms with van der Waals surface area (Å²) in [6.45, 7) is 4.93. The van der Waals surface area contributed by atoms with Crippen LogP contribution in [0.15, 0.2) is 42.5 Å². The molecule has 0 fully saturated rings. The molecule has 0 saturated heterocycles. The minimum atomic E-state index is 0.125. The van der Waals surface area contributed by atoms with Gasteiger partial charge in [0.15, 0.2) is 0 Å². The lowest BCUT2D eigenvalue weighted by Crippen LogP contribution is -2.22. The number of carbonyl (C=O) groups excluding carboxylic acids is 1. The molecule has 0 saturated carbocycles. The van der Waals surface area contributed by atoms with Crippen LogP contribution in [0.4, 0.5) is 5.69 Å². The maximum absolute atomic E-state index is 12.5.